The quantitative estimate of drug-likeness (QED) is 0.653. The molecular formula is C24H29N5. The second-order valence-electron chi connectivity index (χ2n) is 8.04. The van der Waals surface area contributed by atoms with E-state index in [1.807, 2.05) is 32.3 Å². The van der Waals surface area contributed by atoms with Crippen LogP contribution in [0.5, 0.6) is 0 Å². The van der Waals surface area contributed by atoms with Gasteiger partial charge in [-0.25, -0.2) is 4.98 Å². The molecule has 1 N–H and O–H groups in total. The summed E-state index contributed by atoms with van der Waals surface area (Å²) < 4.78 is 0. The molecular weight excluding hydrogens is 358 g/mol. The van der Waals surface area contributed by atoms with Crippen LogP contribution in [0.1, 0.15) is 19.8 Å². The van der Waals surface area contributed by atoms with Crippen molar-refractivity contribution in [2.75, 3.05) is 42.3 Å². The van der Waals surface area contributed by atoms with Crippen molar-refractivity contribution in [1.82, 2.24) is 9.97 Å². The van der Waals surface area contributed by atoms with Crippen LogP contribution in [0, 0.1) is 5.92 Å². The fraction of sp³-hybridized carbons (Fsp3) is 0.333. The molecule has 0 saturated carbocycles. The van der Waals surface area contributed by atoms with Crippen LogP contribution in [0.3, 0.4) is 0 Å². The number of hydrogen-bond acceptors (Lipinski definition) is 5. The summed E-state index contributed by atoms with van der Waals surface area (Å²) in [6.07, 6.45) is 2.42. The third-order valence-electron chi connectivity index (χ3n) is 5.53. The van der Waals surface area contributed by atoms with Crippen LogP contribution in [0.15, 0.2) is 60.7 Å². The molecule has 4 rings (SSSR count). The van der Waals surface area contributed by atoms with Crippen LogP contribution in [-0.2, 0) is 0 Å². The van der Waals surface area contributed by atoms with E-state index >= 15 is 0 Å². The zero-order valence-electron chi connectivity index (χ0n) is 17.5. The molecule has 29 heavy (non-hydrogen) atoms. The standard InChI is InChI=1S/C24H29N5/c1-18-13-15-29(16-14-18)23-17-22(19-7-5-4-6-8-19)26-24(27-23)25-20-9-11-21(12-10-20)28(2)3/h4-12,17-18H,13-16H2,1-3H3,(H,25,26,27). The molecule has 0 radical (unpaired) electrons. The van der Waals surface area contributed by atoms with E-state index in [4.69, 9.17) is 9.97 Å². The van der Waals surface area contributed by atoms with Gasteiger partial charge in [0.05, 0.1) is 5.69 Å². The van der Waals surface area contributed by atoms with Crippen molar-refractivity contribution in [3.8, 4) is 11.3 Å². The predicted molar refractivity (Wildman–Crippen MR) is 122 cm³/mol. The highest BCUT2D eigenvalue weighted by molar-refractivity contribution is 5.67. The van der Waals surface area contributed by atoms with Crippen LogP contribution < -0.4 is 15.1 Å². The SMILES string of the molecule is CC1CCN(c2cc(-c3ccccc3)nc(Nc3ccc(N(C)C)cc3)n2)CC1. The summed E-state index contributed by atoms with van der Waals surface area (Å²) in [5.74, 6) is 2.42. The van der Waals surface area contributed by atoms with Gasteiger partial charge in [0.1, 0.15) is 5.82 Å². The molecule has 2 aromatic carbocycles. The van der Waals surface area contributed by atoms with Crippen molar-refractivity contribution in [2.45, 2.75) is 19.8 Å². The van der Waals surface area contributed by atoms with Crippen molar-refractivity contribution in [3.63, 3.8) is 0 Å². The summed E-state index contributed by atoms with van der Waals surface area (Å²) in [5.41, 5.74) is 4.20. The maximum Gasteiger partial charge on any atom is 0.229 e. The van der Waals surface area contributed by atoms with Crippen molar-refractivity contribution >= 4 is 23.1 Å². The minimum absolute atomic E-state index is 0.637. The summed E-state index contributed by atoms with van der Waals surface area (Å²) in [5, 5.41) is 3.40. The molecule has 0 amide bonds. The Morgan fingerprint density at radius 1 is 0.931 bits per heavy atom. The van der Waals surface area contributed by atoms with E-state index in [1.54, 1.807) is 0 Å². The maximum absolute atomic E-state index is 4.85. The van der Waals surface area contributed by atoms with Crippen LogP contribution >= 0.6 is 0 Å². The highest BCUT2D eigenvalue weighted by atomic mass is 15.2. The largest absolute Gasteiger partial charge is 0.378 e. The first-order chi connectivity index (χ1) is 14.1. The van der Waals surface area contributed by atoms with Crippen molar-refractivity contribution in [1.29, 1.82) is 0 Å². The average molecular weight is 388 g/mol. The predicted octanol–water partition coefficient (Wildman–Crippen LogP) is 5.19. The summed E-state index contributed by atoms with van der Waals surface area (Å²) >= 11 is 0. The number of nitrogens with one attached hydrogen (secondary N) is 1. The first kappa shape index (κ1) is 19.2. The third kappa shape index (κ3) is 4.67. The number of piperidine rings is 1. The molecule has 1 aromatic heterocycles. The lowest BCUT2D eigenvalue weighted by molar-refractivity contribution is 0.436. The first-order valence-electron chi connectivity index (χ1n) is 10.3. The van der Waals surface area contributed by atoms with E-state index < -0.39 is 0 Å². The van der Waals surface area contributed by atoms with Gasteiger partial charge in [0.2, 0.25) is 5.95 Å². The highest BCUT2D eigenvalue weighted by Gasteiger charge is 2.19. The average Bonchev–Trinajstić information content (AvgIpc) is 2.75. The van der Waals surface area contributed by atoms with Crippen molar-refractivity contribution in [2.24, 2.45) is 5.92 Å². The minimum Gasteiger partial charge on any atom is -0.378 e. The van der Waals surface area contributed by atoms with Gasteiger partial charge in [0.15, 0.2) is 0 Å². The summed E-state index contributed by atoms with van der Waals surface area (Å²) in [4.78, 5) is 14.1. The molecule has 0 aliphatic carbocycles. The number of aromatic nitrogens is 2. The van der Waals surface area contributed by atoms with E-state index in [-0.39, 0.29) is 0 Å². The van der Waals surface area contributed by atoms with Gasteiger partial charge in [-0.15, -0.1) is 0 Å². The number of anilines is 4. The van der Waals surface area contributed by atoms with Crippen molar-refractivity contribution in [3.05, 3.63) is 60.7 Å². The summed E-state index contributed by atoms with van der Waals surface area (Å²) in [6.45, 7) is 4.42. The Balaban J connectivity index is 1.65. The van der Waals surface area contributed by atoms with Gasteiger partial charge >= 0.3 is 0 Å². The van der Waals surface area contributed by atoms with E-state index in [2.05, 4.69) is 64.5 Å². The molecule has 3 aromatic rings. The molecule has 5 heteroatoms. The summed E-state index contributed by atoms with van der Waals surface area (Å²) in [7, 11) is 4.08. The van der Waals surface area contributed by atoms with Crippen molar-refractivity contribution < 1.29 is 0 Å². The Labute approximate surface area is 173 Å². The fourth-order valence-electron chi connectivity index (χ4n) is 3.62. The molecule has 0 atom stereocenters. The van der Waals surface area contributed by atoms with E-state index in [0.717, 1.165) is 47.5 Å². The fourth-order valence-corrected chi connectivity index (χ4v) is 3.62. The number of nitrogens with zero attached hydrogens (tertiary/aromatic N) is 4. The Kier molecular flexibility index (Phi) is 5.65. The van der Waals surface area contributed by atoms with E-state index in [9.17, 15) is 0 Å². The molecule has 1 saturated heterocycles. The van der Waals surface area contributed by atoms with Gasteiger partial charge < -0.3 is 15.1 Å². The van der Waals surface area contributed by atoms with Gasteiger partial charge in [0.25, 0.3) is 0 Å². The molecule has 0 unspecified atom stereocenters. The van der Waals surface area contributed by atoms with Crippen LogP contribution in [0.25, 0.3) is 11.3 Å². The molecule has 1 fully saturated rings. The lowest BCUT2D eigenvalue weighted by Gasteiger charge is -2.31. The molecule has 0 spiro atoms. The Hall–Kier alpha value is -3.08. The van der Waals surface area contributed by atoms with Gasteiger partial charge in [-0.1, -0.05) is 37.3 Å². The van der Waals surface area contributed by atoms with Crippen LogP contribution in [0.4, 0.5) is 23.1 Å². The second-order valence-corrected chi connectivity index (χ2v) is 8.04. The van der Waals surface area contributed by atoms with E-state index in [1.165, 1.54) is 12.8 Å². The molecule has 150 valence electrons. The van der Waals surface area contributed by atoms with Crippen LogP contribution in [-0.4, -0.2) is 37.2 Å². The number of hydrogen-bond donors (Lipinski definition) is 1. The normalized spacial score (nSPS) is 14.7. The van der Waals surface area contributed by atoms with E-state index in [0.29, 0.717) is 5.95 Å². The second kappa shape index (κ2) is 8.52. The molecule has 1 aliphatic rings. The Bertz CT molecular complexity index is 929. The maximum atomic E-state index is 4.85. The lowest BCUT2D eigenvalue weighted by Crippen LogP contribution is -2.33. The minimum atomic E-state index is 0.637. The monoisotopic (exact) mass is 387 g/mol. The topological polar surface area (TPSA) is 44.3 Å². The van der Waals surface area contributed by atoms with Gasteiger partial charge in [-0.05, 0) is 43.0 Å². The lowest BCUT2D eigenvalue weighted by atomic mass is 9.99. The van der Waals surface area contributed by atoms with Gasteiger partial charge in [-0.2, -0.15) is 4.98 Å². The molecule has 2 heterocycles. The molecule has 0 bridgehead atoms. The Morgan fingerprint density at radius 3 is 2.28 bits per heavy atom. The van der Waals surface area contributed by atoms with Crippen LogP contribution in [0.2, 0.25) is 0 Å². The Morgan fingerprint density at radius 2 is 1.62 bits per heavy atom. The first-order valence-corrected chi connectivity index (χ1v) is 10.3. The molecule has 1 aliphatic heterocycles. The number of benzene rings is 2. The zero-order valence-corrected chi connectivity index (χ0v) is 17.5. The third-order valence-corrected chi connectivity index (χ3v) is 5.53. The van der Waals surface area contributed by atoms with Gasteiger partial charge in [0, 0.05) is 50.2 Å². The highest BCUT2D eigenvalue weighted by Crippen LogP contribution is 2.28. The van der Waals surface area contributed by atoms with Gasteiger partial charge in [-0.3, -0.25) is 0 Å². The smallest absolute Gasteiger partial charge is 0.229 e. The summed E-state index contributed by atoms with van der Waals surface area (Å²) in [6, 6.07) is 20.8. The molecule has 5 nitrogen and oxygen atoms in total. The number of rotatable bonds is 5. The zero-order chi connectivity index (χ0) is 20.2.